The molecule has 2 nitrogen and oxygen atoms in total. The van der Waals surface area contributed by atoms with Crippen LogP contribution in [-0.2, 0) is 6.42 Å². The Morgan fingerprint density at radius 1 is 1.00 bits per heavy atom. The van der Waals surface area contributed by atoms with Gasteiger partial charge in [0.1, 0.15) is 0 Å². The smallest absolute Gasteiger partial charge is 0.220 e. The summed E-state index contributed by atoms with van der Waals surface area (Å²) in [7, 11) is 1.54. The number of nitrogens with zero attached hydrogens (tertiary/aromatic N) is 1. The Bertz CT molecular complexity index is 822. The first-order chi connectivity index (χ1) is 13.4. The third-order valence-corrected chi connectivity index (χ3v) is 8.10. The summed E-state index contributed by atoms with van der Waals surface area (Å²) >= 11 is 0. The highest BCUT2D eigenvalue weighted by Gasteiger charge is 2.39. The van der Waals surface area contributed by atoms with E-state index in [1.165, 1.54) is 44.8 Å². The molecule has 2 aromatic carbocycles. The van der Waals surface area contributed by atoms with E-state index in [4.69, 9.17) is 0 Å². The van der Waals surface area contributed by atoms with E-state index in [-0.39, 0.29) is 0 Å². The third kappa shape index (κ3) is 3.54. The zero-order valence-electron chi connectivity index (χ0n) is 16.0. The average molecular weight is 374 g/mol. The summed E-state index contributed by atoms with van der Waals surface area (Å²) in [5.74, 6) is 1.36. The molecule has 0 amide bonds. The van der Waals surface area contributed by atoms with Crippen molar-refractivity contribution in [1.82, 2.24) is 10.2 Å². The van der Waals surface area contributed by atoms with Crippen LogP contribution in [0.5, 0.6) is 0 Å². The molecular formula is C23H28BN2P. The molecule has 0 bridgehead atoms. The maximum absolute atomic E-state index is 3.71. The molecular weight excluding hydrogens is 346 g/mol. The zero-order chi connectivity index (χ0) is 18.1. The Morgan fingerprint density at radius 2 is 1.81 bits per heavy atom. The highest BCUT2D eigenvalue weighted by molar-refractivity contribution is 7.73. The molecule has 2 fully saturated rings. The number of aryl methyl sites for hydroxylation is 1. The molecule has 4 heteroatoms. The van der Waals surface area contributed by atoms with Gasteiger partial charge in [-0.15, -0.1) is 8.08 Å². The van der Waals surface area contributed by atoms with Crippen LogP contribution in [0.1, 0.15) is 36.3 Å². The van der Waals surface area contributed by atoms with E-state index in [2.05, 4.69) is 64.8 Å². The van der Waals surface area contributed by atoms with Crippen LogP contribution >= 0.6 is 8.08 Å². The van der Waals surface area contributed by atoms with E-state index >= 15 is 0 Å². The Labute approximate surface area is 165 Å². The largest absolute Gasteiger partial charge is 0.315 e. The van der Waals surface area contributed by atoms with Crippen LogP contribution in [0.15, 0.2) is 54.6 Å². The molecule has 0 aromatic heterocycles. The van der Waals surface area contributed by atoms with Crippen molar-refractivity contribution in [3.63, 3.8) is 0 Å². The van der Waals surface area contributed by atoms with Gasteiger partial charge in [0.05, 0.1) is 0 Å². The summed E-state index contributed by atoms with van der Waals surface area (Å²) in [5, 5.41) is 3.71. The number of likely N-dealkylation sites (tertiary alicyclic amines) is 1. The molecule has 27 heavy (non-hydrogen) atoms. The number of rotatable bonds is 4. The van der Waals surface area contributed by atoms with Crippen LogP contribution in [-0.4, -0.2) is 43.0 Å². The highest BCUT2D eigenvalue weighted by atomic mass is 31.0. The van der Waals surface area contributed by atoms with Gasteiger partial charge in [-0.25, -0.2) is 0 Å². The van der Waals surface area contributed by atoms with Gasteiger partial charge >= 0.3 is 0 Å². The molecule has 3 heterocycles. The van der Waals surface area contributed by atoms with Crippen LogP contribution in [0.2, 0.25) is 0 Å². The summed E-state index contributed by atoms with van der Waals surface area (Å²) in [5.41, 5.74) is 6.40. The first-order valence-corrected chi connectivity index (χ1v) is 11.6. The molecule has 2 aromatic rings. The molecule has 0 spiro atoms. The SMILES string of the molecule is B1P=C(N2CCCC2CCc2ccccc2)[C@@H]2CNC[C@H]2c2ccccc21. The van der Waals surface area contributed by atoms with Crippen LogP contribution < -0.4 is 10.8 Å². The lowest BCUT2D eigenvalue weighted by atomic mass is 9.79. The number of fused-ring (bicyclic) bond motifs is 3. The fraction of sp³-hybridized carbons (Fsp3) is 0.435. The monoisotopic (exact) mass is 374 g/mol. The molecule has 0 saturated carbocycles. The Balaban J connectivity index is 1.37. The van der Waals surface area contributed by atoms with Crippen molar-refractivity contribution in [1.29, 1.82) is 0 Å². The molecule has 5 rings (SSSR count). The van der Waals surface area contributed by atoms with Crippen molar-refractivity contribution in [2.24, 2.45) is 5.92 Å². The van der Waals surface area contributed by atoms with Gasteiger partial charge in [0, 0.05) is 42.9 Å². The Kier molecular flexibility index (Phi) is 5.18. The Hall–Kier alpha value is -1.41. The van der Waals surface area contributed by atoms with Gasteiger partial charge in [0.2, 0.25) is 7.00 Å². The van der Waals surface area contributed by atoms with E-state index in [1.807, 2.05) is 0 Å². The summed E-state index contributed by atoms with van der Waals surface area (Å²) in [6, 6.07) is 21.0. The van der Waals surface area contributed by atoms with Gasteiger partial charge in [0.25, 0.3) is 0 Å². The molecule has 3 aliphatic rings. The van der Waals surface area contributed by atoms with E-state index in [1.54, 1.807) is 24.5 Å². The summed E-state index contributed by atoms with van der Waals surface area (Å²) in [4.78, 5) is 2.83. The van der Waals surface area contributed by atoms with Crippen LogP contribution in [0.3, 0.4) is 0 Å². The van der Waals surface area contributed by atoms with Crippen molar-refractivity contribution in [3.8, 4) is 0 Å². The van der Waals surface area contributed by atoms with Crippen LogP contribution in [0, 0.1) is 5.92 Å². The Morgan fingerprint density at radius 3 is 2.74 bits per heavy atom. The maximum atomic E-state index is 3.71. The quantitative estimate of drug-likeness (QED) is 0.654. The first kappa shape index (κ1) is 17.7. The second-order valence-corrected chi connectivity index (χ2v) is 9.35. The maximum Gasteiger partial charge on any atom is 0.220 e. The lowest BCUT2D eigenvalue weighted by Crippen LogP contribution is -2.40. The van der Waals surface area contributed by atoms with Gasteiger partial charge < -0.3 is 5.32 Å². The predicted octanol–water partition coefficient (Wildman–Crippen LogP) is 3.15. The van der Waals surface area contributed by atoms with Gasteiger partial charge in [-0.2, -0.15) is 0 Å². The fourth-order valence-electron chi connectivity index (χ4n) is 5.32. The molecule has 2 saturated heterocycles. The van der Waals surface area contributed by atoms with Gasteiger partial charge in [-0.3, -0.25) is 4.90 Å². The number of hydrogen-bond donors (Lipinski definition) is 1. The van der Waals surface area contributed by atoms with E-state index < -0.39 is 0 Å². The summed E-state index contributed by atoms with van der Waals surface area (Å²) < 4.78 is 0. The summed E-state index contributed by atoms with van der Waals surface area (Å²) in [6.07, 6.45) is 5.22. The fourth-order valence-corrected chi connectivity index (χ4v) is 6.89. The topological polar surface area (TPSA) is 15.3 Å². The first-order valence-electron chi connectivity index (χ1n) is 10.5. The molecule has 3 atom stereocenters. The van der Waals surface area contributed by atoms with Gasteiger partial charge in [-0.05, 0) is 36.8 Å². The predicted molar refractivity (Wildman–Crippen MR) is 119 cm³/mol. The highest BCUT2D eigenvalue weighted by Crippen LogP contribution is 2.36. The zero-order valence-corrected chi connectivity index (χ0v) is 16.9. The number of nitrogens with one attached hydrogen (secondary N) is 1. The number of hydrogen-bond acceptors (Lipinski definition) is 2. The molecule has 1 unspecified atom stereocenters. The van der Waals surface area contributed by atoms with Crippen molar-refractivity contribution in [3.05, 3.63) is 65.7 Å². The molecule has 3 aliphatic heterocycles. The minimum Gasteiger partial charge on any atom is -0.315 e. The molecule has 0 radical (unpaired) electrons. The van der Waals surface area contributed by atoms with E-state index in [0.717, 1.165) is 19.1 Å². The van der Waals surface area contributed by atoms with Crippen LogP contribution in [0.4, 0.5) is 0 Å². The van der Waals surface area contributed by atoms with Crippen molar-refractivity contribution >= 4 is 26.0 Å². The minimum absolute atomic E-state index is 0.668. The summed E-state index contributed by atoms with van der Waals surface area (Å²) in [6.45, 7) is 4.76. The molecule has 138 valence electrons. The van der Waals surface area contributed by atoms with Crippen molar-refractivity contribution in [2.45, 2.75) is 37.6 Å². The van der Waals surface area contributed by atoms with Crippen molar-refractivity contribution in [2.75, 3.05) is 19.6 Å². The standard InChI is InChI=1S/C23H28BN2P/c1-2-7-17(8-3-1)12-13-18-9-6-14-26(18)23-21-16-25-15-20(21)19-10-4-5-11-22(19)24-27-23/h1-5,7-8,10-11,18,20-21,24-25H,6,9,12-16H2/t18?,20-,21+/m0/s1. The lowest BCUT2D eigenvalue weighted by molar-refractivity contribution is 0.355. The average Bonchev–Trinajstić information content (AvgIpc) is 3.35. The van der Waals surface area contributed by atoms with Crippen molar-refractivity contribution < 1.29 is 0 Å². The second kappa shape index (κ2) is 7.91. The third-order valence-electron chi connectivity index (χ3n) is 6.69. The van der Waals surface area contributed by atoms with E-state index in [0.29, 0.717) is 11.8 Å². The van der Waals surface area contributed by atoms with Gasteiger partial charge in [-0.1, -0.05) is 60.1 Å². The van der Waals surface area contributed by atoms with Crippen LogP contribution in [0.25, 0.3) is 0 Å². The molecule has 0 aliphatic carbocycles. The lowest BCUT2D eigenvalue weighted by Gasteiger charge is -2.32. The van der Waals surface area contributed by atoms with Gasteiger partial charge in [0.15, 0.2) is 0 Å². The minimum atomic E-state index is 0.668. The van der Waals surface area contributed by atoms with E-state index in [9.17, 15) is 0 Å². The molecule has 1 N–H and O–H groups in total. The normalized spacial score (nSPS) is 28.0. The number of benzene rings is 2. The second-order valence-electron chi connectivity index (χ2n) is 8.26.